The van der Waals surface area contributed by atoms with Crippen molar-refractivity contribution in [2.75, 3.05) is 12.4 Å². The van der Waals surface area contributed by atoms with Crippen LogP contribution in [0.2, 0.25) is 0 Å². The lowest BCUT2D eigenvalue weighted by atomic mass is 9.73. The van der Waals surface area contributed by atoms with Crippen molar-refractivity contribution in [2.24, 2.45) is 11.7 Å². The Hall–Kier alpha value is -4.19. The smallest absolute Gasteiger partial charge is 0.404 e. The van der Waals surface area contributed by atoms with E-state index in [0.717, 1.165) is 29.8 Å². The minimum atomic E-state index is -1.15. The number of ether oxygens (including phenoxy) is 1. The Bertz CT molecular complexity index is 1340. The van der Waals surface area contributed by atoms with Crippen LogP contribution in [0.5, 0.6) is 5.75 Å². The van der Waals surface area contributed by atoms with Gasteiger partial charge >= 0.3 is 6.09 Å². The maximum Gasteiger partial charge on any atom is 0.404 e. The third kappa shape index (κ3) is 5.54. The molecule has 1 aliphatic carbocycles. The summed E-state index contributed by atoms with van der Waals surface area (Å²) in [6.07, 6.45) is 2.91. The number of carbonyl (C=O) groups is 2. The van der Waals surface area contributed by atoms with Crippen molar-refractivity contribution >= 4 is 17.7 Å². The average molecular weight is 530 g/mol. The summed E-state index contributed by atoms with van der Waals surface area (Å²) in [5, 5.41) is 14.3. The molecular weight excluding hydrogens is 503 g/mol. The van der Waals surface area contributed by atoms with Crippen molar-refractivity contribution in [1.29, 1.82) is 0 Å². The van der Waals surface area contributed by atoms with E-state index >= 15 is 0 Å². The van der Waals surface area contributed by atoms with Crippen LogP contribution in [0.25, 0.3) is 11.3 Å². The number of methoxy groups -OCH3 is 1. The van der Waals surface area contributed by atoms with Crippen molar-refractivity contribution in [3.8, 4) is 17.0 Å². The Balaban J connectivity index is 1.60. The Morgan fingerprint density at radius 2 is 1.82 bits per heavy atom. The molecule has 3 aromatic rings. The average Bonchev–Trinajstić information content (AvgIpc) is 2.86. The normalized spacial score (nSPS) is 21.0. The highest BCUT2D eigenvalue weighted by molar-refractivity contribution is 6.03. The number of aromatic nitrogens is 2. The monoisotopic (exact) mass is 529 g/mol. The fraction of sp³-hybridized carbons (Fsp3) is 0.308. The summed E-state index contributed by atoms with van der Waals surface area (Å²) < 4.78 is 48.5. The molecule has 2 heterocycles. The van der Waals surface area contributed by atoms with Gasteiger partial charge in [0.25, 0.3) is 5.91 Å². The van der Waals surface area contributed by atoms with Gasteiger partial charge in [-0.05, 0) is 48.4 Å². The van der Waals surface area contributed by atoms with Crippen molar-refractivity contribution in [1.82, 2.24) is 15.3 Å². The number of nitrogens with zero attached hydrogens (tertiary/aromatic N) is 2. The second-order valence-corrected chi connectivity index (χ2v) is 9.19. The molecule has 0 radical (unpaired) electrons. The number of benzene rings is 1. The van der Waals surface area contributed by atoms with Gasteiger partial charge in [-0.3, -0.25) is 9.78 Å². The van der Waals surface area contributed by atoms with Crippen molar-refractivity contribution in [2.45, 2.75) is 37.8 Å². The molecule has 0 unspecified atom stereocenters. The maximum absolute atomic E-state index is 14.6. The van der Waals surface area contributed by atoms with E-state index in [9.17, 15) is 22.8 Å². The van der Waals surface area contributed by atoms with E-state index in [1.807, 2.05) is 6.92 Å². The number of anilines is 1. The summed E-state index contributed by atoms with van der Waals surface area (Å²) in [6.45, 7) is 1.90. The SMILES string of the molecule is COc1cc(F)c(-c2nc(C(=O)Nc3cnccc3[C@H]3C[C@@H](N)[C@@H](NC(=O)O)[C@@H](C)C3)ccc2F)c(F)c1. The molecule has 5 N–H and O–H groups in total. The van der Waals surface area contributed by atoms with E-state index in [2.05, 4.69) is 20.6 Å². The molecule has 12 heteroatoms. The molecule has 200 valence electrons. The zero-order chi connectivity index (χ0) is 27.6. The number of amides is 2. The predicted molar refractivity (Wildman–Crippen MR) is 132 cm³/mol. The molecule has 2 amide bonds. The van der Waals surface area contributed by atoms with E-state index in [4.69, 9.17) is 15.6 Å². The van der Waals surface area contributed by atoms with Crippen molar-refractivity contribution < 1.29 is 32.6 Å². The lowest BCUT2D eigenvalue weighted by Gasteiger charge is -2.39. The standard InChI is InChI=1S/C26H26F3N5O4/c1-12-7-13(8-19(30)23(12)34-26(36)37)15-5-6-31-11-21(15)33-25(35)20-4-3-16(27)24(32-20)22-17(28)9-14(38-2)10-18(22)29/h3-6,9-13,19,23,34H,7-8,30H2,1-2H3,(H,33,35)(H,36,37)/t12-,13+,19+,23-/m0/s1. The van der Waals surface area contributed by atoms with Crippen LogP contribution >= 0.6 is 0 Å². The van der Waals surface area contributed by atoms with E-state index < -0.39 is 52.8 Å². The number of rotatable bonds is 6. The van der Waals surface area contributed by atoms with Crippen LogP contribution in [0.3, 0.4) is 0 Å². The van der Waals surface area contributed by atoms with Gasteiger partial charge in [-0.15, -0.1) is 0 Å². The van der Waals surface area contributed by atoms with Crippen LogP contribution in [0.15, 0.2) is 42.7 Å². The van der Waals surface area contributed by atoms with Gasteiger partial charge in [-0.25, -0.2) is 22.9 Å². The van der Waals surface area contributed by atoms with E-state index in [-0.39, 0.29) is 23.3 Å². The number of hydrogen-bond donors (Lipinski definition) is 4. The van der Waals surface area contributed by atoms with Crippen LogP contribution in [0.4, 0.5) is 23.7 Å². The molecular formula is C26H26F3N5O4. The summed E-state index contributed by atoms with van der Waals surface area (Å²) >= 11 is 0. The van der Waals surface area contributed by atoms with Crippen molar-refractivity contribution in [3.63, 3.8) is 0 Å². The summed E-state index contributed by atoms with van der Waals surface area (Å²) in [6, 6.07) is 4.65. The number of hydrogen-bond acceptors (Lipinski definition) is 6. The molecule has 2 aromatic heterocycles. The Morgan fingerprint density at radius 1 is 1.11 bits per heavy atom. The molecule has 1 aromatic carbocycles. The molecule has 4 rings (SSSR count). The number of pyridine rings is 2. The lowest BCUT2D eigenvalue weighted by molar-refractivity contribution is 0.102. The Labute approximate surface area is 216 Å². The van der Waals surface area contributed by atoms with Gasteiger partial charge in [0, 0.05) is 30.4 Å². The molecule has 1 fully saturated rings. The Morgan fingerprint density at radius 3 is 2.45 bits per heavy atom. The van der Waals surface area contributed by atoms with Crippen LogP contribution < -0.4 is 21.1 Å². The first-order valence-electron chi connectivity index (χ1n) is 11.8. The van der Waals surface area contributed by atoms with Gasteiger partial charge in [0.2, 0.25) is 0 Å². The van der Waals surface area contributed by atoms with Crippen LogP contribution in [0, 0.1) is 23.4 Å². The number of nitrogens with one attached hydrogen (secondary N) is 2. The van der Waals surface area contributed by atoms with Gasteiger partial charge < -0.3 is 26.2 Å². The molecule has 0 aliphatic heterocycles. The summed E-state index contributed by atoms with van der Waals surface area (Å²) in [5.74, 6) is -4.23. The minimum absolute atomic E-state index is 0.0767. The minimum Gasteiger partial charge on any atom is -0.497 e. The number of carbonyl (C=O) groups excluding carboxylic acids is 1. The molecule has 1 saturated carbocycles. The molecule has 0 bridgehead atoms. The highest BCUT2D eigenvalue weighted by Crippen LogP contribution is 2.39. The van der Waals surface area contributed by atoms with Crippen molar-refractivity contribution in [3.05, 3.63) is 71.4 Å². The summed E-state index contributed by atoms with van der Waals surface area (Å²) in [5.41, 5.74) is 5.71. The zero-order valence-corrected chi connectivity index (χ0v) is 20.5. The first-order valence-corrected chi connectivity index (χ1v) is 11.8. The van der Waals surface area contributed by atoms with Gasteiger partial charge in [0.15, 0.2) is 0 Å². The van der Waals surface area contributed by atoms with Gasteiger partial charge in [-0.1, -0.05) is 6.92 Å². The summed E-state index contributed by atoms with van der Waals surface area (Å²) in [4.78, 5) is 32.2. The fourth-order valence-corrected chi connectivity index (χ4v) is 4.92. The summed E-state index contributed by atoms with van der Waals surface area (Å²) in [7, 11) is 1.23. The fourth-order valence-electron chi connectivity index (χ4n) is 4.92. The topological polar surface area (TPSA) is 139 Å². The van der Waals surface area contributed by atoms with E-state index in [0.29, 0.717) is 18.5 Å². The Kier molecular flexibility index (Phi) is 7.81. The molecule has 0 spiro atoms. The predicted octanol–water partition coefficient (Wildman–Crippen LogP) is 4.30. The van der Waals surface area contributed by atoms with Crippen LogP contribution in [0.1, 0.15) is 41.7 Å². The second-order valence-electron chi connectivity index (χ2n) is 9.19. The van der Waals surface area contributed by atoms with Gasteiger partial charge in [0.05, 0.1) is 24.6 Å². The van der Waals surface area contributed by atoms with E-state index in [1.165, 1.54) is 13.3 Å². The number of nitrogens with two attached hydrogens (primary N) is 1. The quantitative estimate of drug-likeness (QED) is 0.373. The third-order valence-corrected chi connectivity index (χ3v) is 6.69. The van der Waals surface area contributed by atoms with Gasteiger partial charge in [0.1, 0.15) is 34.6 Å². The third-order valence-electron chi connectivity index (χ3n) is 6.69. The first-order chi connectivity index (χ1) is 18.1. The molecule has 0 saturated heterocycles. The van der Waals surface area contributed by atoms with Crippen LogP contribution in [-0.2, 0) is 0 Å². The van der Waals surface area contributed by atoms with E-state index in [1.54, 1.807) is 12.3 Å². The second kappa shape index (κ2) is 11.1. The highest BCUT2D eigenvalue weighted by atomic mass is 19.1. The molecule has 4 atom stereocenters. The van der Waals surface area contributed by atoms with Gasteiger partial charge in [-0.2, -0.15) is 0 Å². The molecule has 38 heavy (non-hydrogen) atoms. The number of carboxylic acid groups (broad SMARTS) is 1. The largest absolute Gasteiger partial charge is 0.497 e. The maximum atomic E-state index is 14.6. The molecule has 9 nitrogen and oxygen atoms in total. The number of halogens is 3. The first kappa shape index (κ1) is 26.9. The zero-order valence-electron chi connectivity index (χ0n) is 20.5. The lowest BCUT2D eigenvalue weighted by Crippen LogP contribution is -2.54. The van der Waals surface area contributed by atoms with Crippen LogP contribution in [-0.4, -0.2) is 46.3 Å². The highest BCUT2D eigenvalue weighted by Gasteiger charge is 2.36. The molecule has 1 aliphatic rings.